The van der Waals surface area contributed by atoms with Crippen LogP contribution in [0.5, 0.6) is 5.75 Å². The minimum Gasteiger partial charge on any atom is -0.872 e. The van der Waals surface area contributed by atoms with Gasteiger partial charge in [0, 0.05) is 5.56 Å². The normalized spacial score (nSPS) is 9.82. The quantitative estimate of drug-likeness (QED) is 0.576. The first-order valence-electron chi connectivity index (χ1n) is 4.37. The number of hydrogen-bond donors (Lipinski definition) is 0. The van der Waals surface area contributed by atoms with Crippen LogP contribution in [0.3, 0.4) is 0 Å². The molecule has 0 bridgehead atoms. The maximum atomic E-state index is 11.0. The molecule has 0 saturated carbocycles. The van der Waals surface area contributed by atoms with Gasteiger partial charge >= 0.3 is 29.6 Å². The summed E-state index contributed by atoms with van der Waals surface area (Å²) >= 11 is 17.6. The molecule has 6 heteroatoms. The SMILES string of the molecule is [Na+].[O-]c1ccc(-c2nc(Cl)c(Cl)cc2Cl)cc1. The van der Waals surface area contributed by atoms with Gasteiger partial charge in [0.1, 0.15) is 5.15 Å². The first-order valence-corrected chi connectivity index (χ1v) is 5.50. The summed E-state index contributed by atoms with van der Waals surface area (Å²) < 4.78 is 0. The average molecular weight is 297 g/mol. The van der Waals surface area contributed by atoms with Gasteiger partial charge in [-0.2, -0.15) is 0 Å². The van der Waals surface area contributed by atoms with Crippen molar-refractivity contribution in [3.63, 3.8) is 0 Å². The van der Waals surface area contributed by atoms with Gasteiger partial charge < -0.3 is 5.11 Å². The van der Waals surface area contributed by atoms with Gasteiger partial charge in [-0.25, -0.2) is 4.98 Å². The smallest absolute Gasteiger partial charge is 0.872 e. The van der Waals surface area contributed by atoms with E-state index in [0.29, 0.717) is 15.7 Å². The van der Waals surface area contributed by atoms with Gasteiger partial charge in [-0.05, 0) is 6.07 Å². The van der Waals surface area contributed by atoms with Gasteiger partial charge in [0.2, 0.25) is 0 Å². The largest absolute Gasteiger partial charge is 1.00 e. The van der Waals surface area contributed by atoms with Crippen LogP contribution < -0.4 is 34.7 Å². The molecule has 0 aliphatic rings. The van der Waals surface area contributed by atoms with Crippen LogP contribution in [0.2, 0.25) is 15.2 Å². The van der Waals surface area contributed by atoms with Gasteiger partial charge in [0.25, 0.3) is 0 Å². The number of aromatic nitrogens is 1. The Hall–Kier alpha value is 0.0400. The van der Waals surface area contributed by atoms with Crippen molar-refractivity contribution in [3.8, 4) is 17.0 Å². The van der Waals surface area contributed by atoms with Crippen LogP contribution in [0.25, 0.3) is 11.3 Å². The molecule has 17 heavy (non-hydrogen) atoms. The molecular formula is C11H5Cl3NNaO. The summed E-state index contributed by atoms with van der Waals surface area (Å²) in [5.74, 6) is -0.0695. The Bertz CT molecular complexity index is 531. The van der Waals surface area contributed by atoms with E-state index < -0.39 is 0 Å². The summed E-state index contributed by atoms with van der Waals surface area (Å²) in [6.07, 6.45) is 0. The van der Waals surface area contributed by atoms with E-state index in [1.807, 2.05) is 0 Å². The van der Waals surface area contributed by atoms with Gasteiger partial charge in [0.15, 0.2) is 0 Å². The molecule has 2 rings (SSSR count). The number of nitrogens with zero attached hydrogens (tertiary/aromatic N) is 1. The van der Waals surface area contributed by atoms with E-state index in [0.717, 1.165) is 5.56 Å². The Morgan fingerprint density at radius 3 is 2.12 bits per heavy atom. The minimum absolute atomic E-state index is 0. The molecule has 0 aliphatic carbocycles. The van der Waals surface area contributed by atoms with E-state index in [-0.39, 0.29) is 40.5 Å². The van der Waals surface area contributed by atoms with Crippen LogP contribution in [-0.4, -0.2) is 4.98 Å². The molecule has 0 saturated heterocycles. The summed E-state index contributed by atoms with van der Waals surface area (Å²) in [5, 5.41) is 11.8. The van der Waals surface area contributed by atoms with Crippen molar-refractivity contribution in [1.82, 2.24) is 4.98 Å². The van der Waals surface area contributed by atoms with Crippen LogP contribution in [0.15, 0.2) is 30.3 Å². The summed E-state index contributed by atoms with van der Waals surface area (Å²) in [4.78, 5) is 4.07. The Kier molecular flexibility index (Phi) is 5.58. The maximum absolute atomic E-state index is 11.0. The summed E-state index contributed by atoms with van der Waals surface area (Å²) in [7, 11) is 0. The first-order chi connectivity index (χ1) is 7.58. The molecule has 0 fully saturated rings. The Labute approximate surface area is 136 Å². The van der Waals surface area contributed by atoms with E-state index in [1.165, 1.54) is 18.2 Å². The van der Waals surface area contributed by atoms with Crippen LogP contribution in [0.4, 0.5) is 0 Å². The molecular weight excluding hydrogens is 291 g/mol. The topological polar surface area (TPSA) is 36.0 Å². The van der Waals surface area contributed by atoms with Crippen molar-refractivity contribution in [1.29, 1.82) is 0 Å². The molecule has 0 unspecified atom stereocenters. The van der Waals surface area contributed by atoms with E-state index >= 15 is 0 Å². The molecule has 0 radical (unpaired) electrons. The second-order valence-electron chi connectivity index (χ2n) is 3.12. The fourth-order valence-corrected chi connectivity index (χ4v) is 1.87. The van der Waals surface area contributed by atoms with Gasteiger partial charge in [-0.3, -0.25) is 0 Å². The third kappa shape index (κ3) is 3.50. The predicted molar refractivity (Wildman–Crippen MR) is 64.1 cm³/mol. The zero-order valence-electron chi connectivity index (χ0n) is 8.88. The third-order valence-electron chi connectivity index (χ3n) is 2.01. The third-order valence-corrected chi connectivity index (χ3v) is 2.98. The molecule has 0 spiro atoms. The Balaban J connectivity index is 0.00000144. The van der Waals surface area contributed by atoms with Crippen molar-refractivity contribution in [2.45, 2.75) is 0 Å². The standard InChI is InChI=1S/C11H6Cl3NO.Na/c12-8-5-9(13)11(14)15-10(8)6-1-3-7(16)4-2-6;/h1-5,16H;/q;+1/p-1. The van der Waals surface area contributed by atoms with E-state index in [1.54, 1.807) is 12.1 Å². The fourth-order valence-electron chi connectivity index (χ4n) is 1.26. The summed E-state index contributed by atoms with van der Waals surface area (Å²) in [5.41, 5.74) is 1.24. The van der Waals surface area contributed by atoms with Crippen LogP contribution in [0, 0.1) is 0 Å². The van der Waals surface area contributed by atoms with Gasteiger partial charge in [0.05, 0.1) is 15.7 Å². The molecule has 0 atom stereocenters. The van der Waals surface area contributed by atoms with Crippen LogP contribution in [-0.2, 0) is 0 Å². The van der Waals surface area contributed by atoms with E-state index in [2.05, 4.69) is 4.98 Å². The molecule has 0 amide bonds. The molecule has 1 heterocycles. The average Bonchev–Trinajstić information content (AvgIpc) is 2.25. The minimum atomic E-state index is -0.0695. The number of pyridine rings is 1. The number of benzene rings is 1. The Morgan fingerprint density at radius 1 is 0.941 bits per heavy atom. The van der Waals surface area contributed by atoms with Crippen LogP contribution >= 0.6 is 34.8 Å². The Morgan fingerprint density at radius 2 is 1.53 bits per heavy atom. The summed E-state index contributed by atoms with van der Waals surface area (Å²) in [6, 6.07) is 7.69. The first kappa shape index (κ1) is 15.1. The number of halogens is 3. The number of hydrogen-bond acceptors (Lipinski definition) is 2. The van der Waals surface area contributed by atoms with Crippen LogP contribution in [0.1, 0.15) is 0 Å². The van der Waals surface area contributed by atoms with Crippen molar-refractivity contribution in [3.05, 3.63) is 45.5 Å². The monoisotopic (exact) mass is 295 g/mol. The van der Waals surface area contributed by atoms with Crippen molar-refractivity contribution in [2.75, 3.05) is 0 Å². The van der Waals surface area contributed by atoms with Crippen molar-refractivity contribution < 1.29 is 34.7 Å². The molecule has 2 aromatic rings. The molecule has 1 aromatic carbocycles. The van der Waals surface area contributed by atoms with E-state index in [9.17, 15) is 5.11 Å². The number of rotatable bonds is 1. The molecule has 82 valence electrons. The van der Waals surface area contributed by atoms with Crippen molar-refractivity contribution >= 4 is 34.8 Å². The molecule has 0 aliphatic heterocycles. The zero-order valence-corrected chi connectivity index (χ0v) is 13.1. The predicted octanol–water partition coefficient (Wildman–Crippen LogP) is 0.786. The van der Waals surface area contributed by atoms with Gasteiger partial charge in [-0.1, -0.05) is 59.1 Å². The van der Waals surface area contributed by atoms with Crippen molar-refractivity contribution in [2.24, 2.45) is 0 Å². The molecule has 1 aromatic heterocycles. The zero-order chi connectivity index (χ0) is 11.7. The second-order valence-corrected chi connectivity index (χ2v) is 4.29. The molecule has 0 N–H and O–H groups in total. The van der Waals surface area contributed by atoms with E-state index in [4.69, 9.17) is 34.8 Å². The summed E-state index contributed by atoms with van der Waals surface area (Å²) in [6.45, 7) is 0. The molecule has 2 nitrogen and oxygen atoms in total. The van der Waals surface area contributed by atoms with Gasteiger partial charge in [-0.15, -0.1) is 5.75 Å². The maximum Gasteiger partial charge on any atom is 1.00 e. The second kappa shape index (κ2) is 6.28. The fraction of sp³-hybridized carbons (Fsp3) is 0.